The zero-order valence-electron chi connectivity index (χ0n) is 9.74. The molecule has 2 heterocycles. The molecular formula is C13H12ClN3. The number of hydrogen-bond acceptors (Lipinski definition) is 2. The third-order valence-corrected chi connectivity index (χ3v) is 3.38. The van der Waals surface area contributed by atoms with Crippen LogP contribution in [-0.4, -0.2) is 14.8 Å². The molecule has 0 bridgehead atoms. The summed E-state index contributed by atoms with van der Waals surface area (Å²) in [5.74, 6) is 0. The lowest BCUT2D eigenvalue weighted by atomic mass is 10.1. The number of nitrogens with zero attached hydrogens (tertiary/aromatic N) is 3. The van der Waals surface area contributed by atoms with Crippen LogP contribution in [0.5, 0.6) is 0 Å². The highest BCUT2D eigenvalue weighted by atomic mass is 35.5. The molecule has 0 aliphatic rings. The number of fused-ring (bicyclic) bond motifs is 2. The molecule has 3 nitrogen and oxygen atoms in total. The molecule has 0 amide bonds. The van der Waals surface area contributed by atoms with Crippen LogP contribution in [0.25, 0.3) is 21.9 Å². The topological polar surface area (TPSA) is 30.7 Å². The van der Waals surface area contributed by atoms with E-state index in [4.69, 9.17) is 11.6 Å². The van der Waals surface area contributed by atoms with Crippen molar-refractivity contribution in [3.8, 4) is 0 Å². The van der Waals surface area contributed by atoms with Crippen LogP contribution in [0, 0.1) is 6.92 Å². The van der Waals surface area contributed by atoms with Crippen molar-refractivity contribution in [2.75, 3.05) is 0 Å². The van der Waals surface area contributed by atoms with E-state index < -0.39 is 0 Å². The standard InChI is InChI=1S/C13H12ClN3/c1-3-17-13-11(8(2)16-17)12(14)9-6-4-5-7-10(9)15-13/h4-7H,3H2,1-2H3. The molecular weight excluding hydrogens is 234 g/mol. The molecule has 0 saturated carbocycles. The molecule has 0 spiro atoms. The van der Waals surface area contributed by atoms with Crippen LogP contribution in [0.15, 0.2) is 24.3 Å². The first kappa shape index (κ1) is 10.5. The maximum Gasteiger partial charge on any atom is 0.160 e. The summed E-state index contributed by atoms with van der Waals surface area (Å²) in [7, 11) is 0. The van der Waals surface area contributed by atoms with Gasteiger partial charge in [0.2, 0.25) is 0 Å². The molecule has 1 aromatic carbocycles. The number of para-hydroxylation sites is 1. The van der Waals surface area contributed by atoms with E-state index in [1.807, 2.05) is 35.9 Å². The number of halogens is 1. The lowest BCUT2D eigenvalue weighted by Crippen LogP contribution is -1.97. The van der Waals surface area contributed by atoms with Gasteiger partial charge >= 0.3 is 0 Å². The molecule has 17 heavy (non-hydrogen) atoms. The summed E-state index contributed by atoms with van der Waals surface area (Å²) in [5.41, 5.74) is 2.72. The van der Waals surface area contributed by atoms with Gasteiger partial charge in [0.25, 0.3) is 0 Å². The number of benzene rings is 1. The number of hydrogen-bond donors (Lipinski definition) is 0. The van der Waals surface area contributed by atoms with Crippen LogP contribution in [0.4, 0.5) is 0 Å². The summed E-state index contributed by atoms with van der Waals surface area (Å²) >= 11 is 6.46. The Labute approximate surface area is 104 Å². The first-order chi connectivity index (χ1) is 8.22. The van der Waals surface area contributed by atoms with Crippen molar-refractivity contribution in [3.63, 3.8) is 0 Å². The Hall–Kier alpha value is -1.61. The number of aromatic nitrogens is 3. The van der Waals surface area contributed by atoms with Crippen molar-refractivity contribution >= 4 is 33.5 Å². The minimum atomic E-state index is 0.753. The second kappa shape index (κ2) is 3.70. The predicted octanol–water partition coefficient (Wildman–Crippen LogP) is 3.57. The number of aryl methyl sites for hydroxylation is 2. The summed E-state index contributed by atoms with van der Waals surface area (Å²) in [5, 5.41) is 7.17. The fraction of sp³-hybridized carbons (Fsp3) is 0.231. The van der Waals surface area contributed by atoms with Crippen molar-refractivity contribution in [3.05, 3.63) is 35.0 Å². The van der Waals surface area contributed by atoms with Crippen LogP contribution in [0.3, 0.4) is 0 Å². The lowest BCUT2D eigenvalue weighted by molar-refractivity contribution is 0.670. The zero-order chi connectivity index (χ0) is 12.0. The third-order valence-electron chi connectivity index (χ3n) is 2.99. The lowest BCUT2D eigenvalue weighted by Gasteiger charge is -2.03. The summed E-state index contributed by atoms with van der Waals surface area (Å²) in [6, 6.07) is 7.91. The molecule has 0 N–H and O–H groups in total. The van der Waals surface area contributed by atoms with Crippen molar-refractivity contribution in [1.82, 2.24) is 14.8 Å². The van der Waals surface area contributed by atoms with E-state index in [1.54, 1.807) is 0 Å². The van der Waals surface area contributed by atoms with Gasteiger partial charge < -0.3 is 0 Å². The van der Waals surface area contributed by atoms with Gasteiger partial charge in [-0.3, -0.25) is 0 Å². The Kier molecular flexibility index (Phi) is 2.30. The SMILES string of the molecule is CCn1nc(C)c2c(Cl)c3ccccc3nc21. The molecule has 0 aliphatic carbocycles. The molecule has 86 valence electrons. The fourth-order valence-electron chi connectivity index (χ4n) is 2.17. The summed E-state index contributed by atoms with van der Waals surface area (Å²) in [6.07, 6.45) is 0. The van der Waals surface area contributed by atoms with Crippen LogP contribution in [0.2, 0.25) is 5.02 Å². The van der Waals surface area contributed by atoms with Gasteiger partial charge in [0, 0.05) is 11.9 Å². The van der Waals surface area contributed by atoms with Crippen LogP contribution < -0.4 is 0 Å². The molecule has 0 saturated heterocycles. The second-order valence-electron chi connectivity index (χ2n) is 4.04. The van der Waals surface area contributed by atoms with Gasteiger partial charge in [-0.25, -0.2) is 9.67 Å². The first-order valence-electron chi connectivity index (χ1n) is 5.63. The maximum atomic E-state index is 6.46. The highest BCUT2D eigenvalue weighted by Gasteiger charge is 2.14. The highest BCUT2D eigenvalue weighted by molar-refractivity contribution is 6.40. The minimum absolute atomic E-state index is 0.753. The van der Waals surface area contributed by atoms with E-state index in [0.717, 1.165) is 39.2 Å². The molecule has 3 rings (SSSR count). The highest BCUT2D eigenvalue weighted by Crippen LogP contribution is 2.31. The Morgan fingerprint density at radius 3 is 2.82 bits per heavy atom. The van der Waals surface area contributed by atoms with Crippen molar-refractivity contribution in [1.29, 1.82) is 0 Å². The average Bonchev–Trinajstić information content (AvgIpc) is 2.66. The van der Waals surface area contributed by atoms with Crippen LogP contribution in [0.1, 0.15) is 12.6 Å². The van der Waals surface area contributed by atoms with Crippen molar-refractivity contribution < 1.29 is 0 Å². The normalized spacial score (nSPS) is 11.5. The van der Waals surface area contributed by atoms with Gasteiger partial charge in [-0.05, 0) is 19.9 Å². The van der Waals surface area contributed by atoms with Crippen molar-refractivity contribution in [2.24, 2.45) is 0 Å². The molecule has 2 aromatic heterocycles. The Bertz CT molecular complexity index is 715. The average molecular weight is 246 g/mol. The van der Waals surface area contributed by atoms with Gasteiger partial charge in [0.05, 0.1) is 21.6 Å². The zero-order valence-corrected chi connectivity index (χ0v) is 10.5. The quantitative estimate of drug-likeness (QED) is 0.656. The molecule has 0 unspecified atom stereocenters. The largest absolute Gasteiger partial charge is 0.247 e. The molecule has 3 aromatic rings. The molecule has 0 atom stereocenters. The Balaban J connectivity index is 2.56. The summed E-state index contributed by atoms with van der Waals surface area (Å²) in [6.45, 7) is 4.82. The van der Waals surface area contributed by atoms with Gasteiger partial charge in [0.15, 0.2) is 5.65 Å². The van der Waals surface area contributed by atoms with Crippen LogP contribution >= 0.6 is 11.6 Å². The number of rotatable bonds is 1. The molecule has 4 heteroatoms. The summed E-state index contributed by atoms with van der Waals surface area (Å²) < 4.78 is 1.89. The number of pyridine rings is 1. The van der Waals surface area contributed by atoms with Gasteiger partial charge in [-0.15, -0.1) is 0 Å². The van der Waals surface area contributed by atoms with E-state index >= 15 is 0 Å². The second-order valence-corrected chi connectivity index (χ2v) is 4.42. The molecule has 0 fully saturated rings. The Morgan fingerprint density at radius 1 is 1.29 bits per heavy atom. The monoisotopic (exact) mass is 245 g/mol. The molecule has 0 aliphatic heterocycles. The predicted molar refractivity (Wildman–Crippen MR) is 70.5 cm³/mol. The van der Waals surface area contributed by atoms with Gasteiger partial charge in [0.1, 0.15) is 0 Å². The van der Waals surface area contributed by atoms with Gasteiger partial charge in [-0.2, -0.15) is 5.10 Å². The Morgan fingerprint density at radius 2 is 2.06 bits per heavy atom. The smallest absolute Gasteiger partial charge is 0.160 e. The third kappa shape index (κ3) is 1.42. The summed E-state index contributed by atoms with van der Waals surface area (Å²) in [4.78, 5) is 4.65. The van der Waals surface area contributed by atoms with Gasteiger partial charge in [-0.1, -0.05) is 29.8 Å². The van der Waals surface area contributed by atoms with E-state index in [9.17, 15) is 0 Å². The van der Waals surface area contributed by atoms with E-state index in [2.05, 4.69) is 17.0 Å². The molecule has 0 radical (unpaired) electrons. The first-order valence-corrected chi connectivity index (χ1v) is 6.01. The maximum absolute atomic E-state index is 6.46. The van der Waals surface area contributed by atoms with Crippen molar-refractivity contribution in [2.45, 2.75) is 20.4 Å². The van der Waals surface area contributed by atoms with E-state index in [0.29, 0.717) is 0 Å². The van der Waals surface area contributed by atoms with E-state index in [-0.39, 0.29) is 0 Å². The minimum Gasteiger partial charge on any atom is -0.247 e. The van der Waals surface area contributed by atoms with E-state index in [1.165, 1.54) is 0 Å². The van der Waals surface area contributed by atoms with Crippen LogP contribution in [-0.2, 0) is 6.54 Å². The fourth-order valence-corrected chi connectivity index (χ4v) is 2.55.